The van der Waals surface area contributed by atoms with Crippen LogP contribution in [0.5, 0.6) is 0 Å². The number of rotatable bonds is 7. The second kappa shape index (κ2) is 7.27. The van der Waals surface area contributed by atoms with Crippen LogP contribution in [0.4, 0.5) is 0 Å². The van der Waals surface area contributed by atoms with E-state index in [9.17, 15) is 0 Å². The zero-order valence-electron chi connectivity index (χ0n) is 12.4. The first kappa shape index (κ1) is 15.7. The summed E-state index contributed by atoms with van der Waals surface area (Å²) in [6, 6.07) is 2.74. The van der Waals surface area contributed by atoms with E-state index in [1.165, 1.54) is 16.9 Å². The van der Waals surface area contributed by atoms with Gasteiger partial charge in [0, 0.05) is 17.5 Å². The molecule has 1 aromatic heterocycles. The molecule has 0 aliphatic heterocycles. The van der Waals surface area contributed by atoms with Crippen LogP contribution in [0.25, 0.3) is 0 Å². The van der Waals surface area contributed by atoms with Gasteiger partial charge < -0.3 is 5.73 Å². The molecule has 1 aromatic rings. The van der Waals surface area contributed by atoms with Gasteiger partial charge >= 0.3 is 0 Å². The number of nitrogens with two attached hydrogens (primary N) is 1. The summed E-state index contributed by atoms with van der Waals surface area (Å²) in [6.45, 7) is 13.3. The lowest BCUT2D eigenvalue weighted by molar-refractivity contribution is 0.162. The lowest BCUT2D eigenvalue weighted by Crippen LogP contribution is -2.41. The van der Waals surface area contributed by atoms with Gasteiger partial charge in [-0.1, -0.05) is 27.2 Å². The highest BCUT2D eigenvalue weighted by molar-refractivity contribution is 7.10. The van der Waals surface area contributed by atoms with Crippen LogP contribution in [0.15, 0.2) is 11.4 Å². The van der Waals surface area contributed by atoms with Crippen molar-refractivity contribution in [3.8, 4) is 0 Å². The average molecular weight is 268 g/mol. The van der Waals surface area contributed by atoms with E-state index in [2.05, 4.69) is 51.0 Å². The molecule has 104 valence electrons. The highest BCUT2D eigenvalue weighted by Gasteiger charge is 2.26. The molecule has 0 saturated carbocycles. The van der Waals surface area contributed by atoms with Crippen LogP contribution in [-0.2, 0) is 0 Å². The average Bonchev–Trinajstić information content (AvgIpc) is 2.74. The molecule has 3 heteroatoms. The van der Waals surface area contributed by atoms with Crippen LogP contribution in [0, 0.1) is 12.8 Å². The Morgan fingerprint density at radius 1 is 1.33 bits per heavy atom. The molecule has 1 heterocycles. The van der Waals surface area contributed by atoms with E-state index < -0.39 is 0 Å². The summed E-state index contributed by atoms with van der Waals surface area (Å²) in [4.78, 5) is 3.98. The van der Waals surface area contributed by atoms with Gasteiger partial charge in [-0.15, -0.1) is 11.3 Å². The summed E-state index contributed by atoms with van der Waals surface area (Å²) in [5, 5.41) is 2.18. The van der Waals surface area contributed by atoms with Crippen LogP contribution in [0.2, 0.25) is 0 Å². The molecule has 0 saturated heterocycles. The smallest absolute Gasteiger partial charge is 0.0593 e. The van der Waals surface area contributed by atoms with Crippen molar-refractivity contribution in [2.24, 2.45) is 11.7 Å². The van der Waals surface area contributed by atoms with E-state index in [1.807, 2.05) is 11.3 Å². The van der Waals surface area contributed by atoms with Crippen molar-refractivity contribution in [3.05, 3.63) is 21.9 Å². The molecule has 3 unspecified atom stereocenters. The largest absolute Gasteiger partial charge is 0.326 e. The predicted octanol–water partition coefficient (Wildman–Crippen LogP) is 3.81. The van der Waals surface area contributed by atoms with Gasteiger partial charge in [0.2, 0.25) is 0 Å². The Balaban J connectivity index is 2.92. The molecule has 2 nitrogen and oxygen atoms in total. The predicted molar refractivity (Wildman–Crippen MR) is 82.1 cm³/mol. The maximum absolute atomic E-state index is 6.26. The van der Waals surface area contributed by atoms with Gasteiger partial charge in [-0.25, -0.2) is 0 Å². The molecule has 0 aromatic carbocycles. The summed E-state index contributed by atoms with van der Waals surface area (Å²) in [6.07, 6.45) is 1.23. The Morgan fingerprint density at radius 3 is 2.39 bits per heavy atom. The normalized spacial score (nSPS) is 16.8. The molecular formula is C15H28N2S. The molecule has 18 heavy (non-hydrogen) atoms. The van der Waals surface area contributed by atoms with Gasteiger partial charge in [-0.3, -0.25) is 4.90 Å². The molecule has 0 fully saturated rings. The number of hydrogen-bond donors (Lipinski definition) is 1. The minimum atomic E-state index is 0.173. The second-order valence-corrected chi connectivity index (χ2v) is 6.32. The molecule has 0 bridgehead atoms. The van der Waals surface area contributed by atoms with Crippen LogP contribution >= 0.6 is 11.3 Å². The zero-order valence-corrected chi connectivity index (χ0v) is 13.3. The minimum Gasteiger partial charge on any atom is -0.326 e. The minimum absolute atomic E-state index is 0.173. The molecule has 0 aliphatic rings. The van der Waals surface area contributed by atoms with Crippen molar-refractivity contribution in [3.63, 3.8) is 0 Å². The highest BCUT2D eigenvalue weighted by Crippen LogP contribution is 2.31. The van der Waals surface area contributed by atoms with Crippen molar-refractivity contribution in [2.45, 2.75) is 53.1 Å². The van der Waals surface area contributed by atoms with Gasteiger partial charge in [0.25, 0.3) is 0 Å². The van der Waals surface area contributed by atoms with Crippen molar-refractivity contribution in [1.82, 2.24) is 4.90 Å². The Hall–Kier alpha value is -0.380. The second-order valence-electron chi connectivity index (χ2n) is 5.37. The fourth-order valence-electron chi connectivity index (χ4n) is 2.39. The third-order valence-electron chi connectivity index (χ3n) is 3.71. The van der Waals surface area contributed by atoms with E-state index in [0.717, 1.165) is 19.0 Å². The monoisotopic (exact) mass is 268 g/mol. The van der Waals surface area contributed by atoms with Gasteiger partial charge in [0.05, 0.1) is 6.04 Å². The summed E-state index contributed by atoms with van der Waals surface area (Å²) in [5.74, 6) is 0.728. The van der Waals surface area contributed by atoms with Gasteiger partial charge in [0.15, 0.2) is 0 Å². The van der Waals surface area contributed by atoms with E-state index in [1.54, 1.807) is 0 Å². The molecule has 1 rings (SSSR count). The fourth-order valence-corrected chi connectivity index (χ4v) is 3.57. The number of nitrogens with zero attached hydrogens (tertiary/aromatic N) is 1. The maximum Gasteiger partial charge on any atom is 0.0593 e. The molecule has 0 radical (unpaired) electrons. The number of aryl methyl sites for hydroxylation is 1. The zero-order chi connectivity index (χ0) is 13.7. The van der Waals surface area contributed by atoms with Crippen LogP contribution in [-0.4, -0.2) is 24.0 Å². The van der Waals surface area contributed by atoms with Crippen molar-refractivity contribution in [1.29, 1.82) is 0 Å². The summed E-state index contributed by atoms with van der Waals surface area (Å²) in [7, 11) is 0. The number of likely N-dealkylation sites (N-methyl/N-ethyl adjacent to an activating group) is 1. The number of thiophene rings is 1. The topological polar surface area (TPSA) is 29.3 Å². The molecule has 2 N–H and O–H groups in total. The molecule has 0 amide bonds. The van der Waals surface area contributed by atoms with E-state index in [-0.39, 0.29) is 6.04 Å². The first-order valence-corrected chi connectivity index (χ1v) is 7.92. The van der Waals surface area contributed by atoms with Crippen molar-refractivity contribution >= 4 is 11.3 Å². The lowest BCUT2D eigenvalue weighted by atomic mass is 10.0. The van der Waals surface area contributed by atoms with Crippen molar-refractivity contribution < 1.29 is 0 Å². The number of hydrogen-bond acceptors (Lipinski definition) is 3. The molecule has 0 aliphatic carbocycles. The first-order chi connectivity index (χ1) is 8.51. The Kier molecular flexibility index (Phi) is 6.33. The quantitative estimate of drug-likeness (QED) is 0.814. The maximum atomic E-state index is 6.26. The lowest BCUT2D eigenvalue weighted by Gasteiger charge is -2.35. The summed E-state index contributed by atoms with van der Waals surface area (Å²) >= 11 is 1.84. The molecule has 0 spiro atoms. The van der Waals surface area contributed by atoms with Crippen LogP contribution in [0.3, 0.4) is 0 Å². The SMILES string of the molecule is CCC(C)CN(CC)C(c1sccc1C)C(C)N. The first-order valence-electron chi connectivity index (χ1n) is 7.04. The summed E-state index contributed by atoms with van der Waals surface area (Å²) in [5.41, 5.74) is 7.63. The fraction of sp³-hybridized carbons (Fsp3) is 0.733. The van der Waals surface area contributed by atoms with Crippen LogP contribution in [0.1, 0.15) is 50.6 Å². The Morgan fingerprint density at radius 2 is 2.00 bits per heavy atom. The summed E-state index contributed by atoms with van der Waals surface area (Å²) < 4.78 is 0. The highest BCUT2D eigenvalue weighted by atomic mass is 32.1. The van der Waals surface area contributed by atoms with Crippen molar-refractivity contribution in [2.75, 3.05) is 13.1 Å². The Labute approximate surface area is 116 Å². The molecule has 3 atom stereocenters. The standard InChI is InChI=1S/C15H28N2S/c1-6-11(3)10-17(7-2)14(13(5)16)15-12(4)8-9-18-15/h8-9,11,13-14H,6-7,10,16H2,1-5H3. The Bertz CT molecular complexity index is 346. The third kappa shape index (κ3) is 3.81. The molecular weight excluding hydrogens is 240 g/mol. The third-order valence-corrected chi connectivity index (χ3v) is 4.80. The van der Waals surface area contributed by atoms with Gasteiger partial charge in [-0.05, 0) is 43.3 Å². The van der Waals surface area contributed by atoms with E-state index in [4.69, 9.17) is 5.73 Å². The van der Waals surface area contributed by atoms with E-state index in [0.29, 0.717) is 6.04 Å². The van der Waals surface area contributed by atoms with Gasteiger partial charge in [-0.2, -0.15) is 0 Å². The van der Waals surface area contributed by atoms with E-state index >= 15 is 0 Å². The van der Waals surface area contributed by atoms with Crippen LogP contribution < -0.4 is 5.73 Å². The van der Waals surface area contributed by atoms with Gasteiger partial charge in [0.1, 0.15) is 0 Å².